The molecule has 0 fully saturated rings. The van der Waals surface area contributed by atoms with E-state index in [1.165, 1.54) is 0 Å². The predicted octanol–water partition coefficient (Wildman–Crippen LogP) is 3.25. The summed E-state index contributed by atoms with van der Waals surface area (Å²) >= 11 is 0. The first-order valence-corrected chi connectivity index (χ1v) is 7.18. The maximum atomic E-state index is 12.3. The highest BCUT2D eigenvalue weighted by atomic mass is 32.2. The molecule has 2 rings (SSSR count). The Balaban J connectivity index is 2.38. The molecule has 1 unspecified atom stereocenters. The van der Waals surface area contributed by atoms with Gasteiger partial charge in [-0.1, -0.05) is 36.8 Å². The maximum Gasteiger partial charge on any atom is 0.206 e. The minimum absolute atomic E-state index is 0.369. The van der Waals surface area contributed by atoms with E-state index in [9.17, 15) is 8.42 Å². The van der Waals surface area contributed by atoms with Crippen molar-refractivity contribution in [2.75, 3.05) is 0 Å². The topological polar surface area (TPSA) is 34.1 Å². The summed E-state index contributed by atoms with van der Waals surface area (Å²) in [5.41, 5.74) is 1.06. The van der Waals surface area contributed by atoms with Gasteiger partial charge in [-0.3, -0.25) is 0 Å². The third-order valence-electron chi connectivity index (χ3n) is 2.92. The third kappa shape index (κ3) is 2.50. The smallest absolute Gasteiger partial charge is 0.206 e. The zero-order valence-electron chi connectivity index (χ0n) is 10.1. The molecule has 0 aromatic heterocycles. The average Bonchev–Trinajstić information content (AvgIpc) is 2.30. The summed E-state index contributed by atoms with van der Waals surface area (Å²) in [6, 6.07) is 6.97. The van der Waals surface area contributed by atoms with Crippen LogP contribution in [0, 0.1) is 12.8 Å². The molecule has 1 aromatic carbocycles. The Morgan fingerprint density at radius 1 is 1.18 bits per heavy atom. The molecule has 1 aliphatic rings. The monoisotopic (exact) mass is 248 g/mol. The number of benzene rings is 1. The molecule has 2 nitrogen and oxygen atoms in total. The number of rotatable bonds is 2. The van der Waals surface area contributed by atoms with E-state index >= 15 is 0 Å². The molecule has 0 radical (unpaired) electrons. The third-order valence-corrected chi connectivity index (χ3v) is 4.74. The second kappa shape index (κ2) is 4.49. The van der Waals surface area contributed by atoms with E-state index in [-0.39, 0.29) is 0 Å². The van der Waals surface area contributed by atoms with Gasteiger partial charge < -0.3 is 0 Å². The molecule has 0 amide bonds. The summed E-state index contributed by atoms with van der Waals surface area (Å²) in [6.07, 6.45) is 6.25. The van der Waals surface area contributed by atoms with Gasteiger partial charge in [0.2, 0.25) is 9.84 Å². The van der Waals surface area contributed by atoms with Crippen molar-refractivity contribution in [1.29, 1.82) is 0 Å². The van der Waals surface area contributed by atoms with Crippen LogP contribution in [0.4, 0.5) is 0 Å². The Labute approximate surface area is 103 Å². The van der Waals surface area contributed by atoms with Crippen molar-refractivity contribution in [2.45, 2.75) is 25.2 Å². The highest BCUT2D eigenvalue weighted by Gasteiger charge is 2.20. The van der Waals surface area contributed by atoms with Gasteiger partial charge in [-0.25, -0.2) is 8.42 Å². The quantitative estimate of drug-likeness (QED) is 0.805. The zero-order valence-corrected chi connectivity index (χ0v) is 10.9. The van der Waals surface area contributed by atoms with E-state index in [1.807, 2.05) is 25.1 Å². The van der Waals surface area contributed by atoms with Crippen LogP contribution in [0.5, 0.6) is 0 Å². The molecule has 0 spiro atoms. The lowest BCUT2D eigenvalue weighted by molar-refractivity contribution is 0.602. The van der Waals surface area contributed by atoms with Gasteiger partial charge in [-0.2, -0.15) is 0 Å². The molecular weight excluding hydrogens is 232 g/mol. The molecule has 3 heteroatoms. The molecule has 90 valence electrons. The van der Waals surface area contributed by atoms with Crippen LogP contribution in [-0.4, -0.2) is 8.42 Å². The van der Waals surface area contributed by atoms with Crippen LogP contribution in [-0.2, 0) is 9.84 Å². The lowest BCUT2D eigenvalue weighted by Gasteiger charge is -2.12. The Morgan fingerprint density at radius 3 is 2.35 bits per heavy atom. The average molecular weight is 248 g/mol. The Bertz CT molecular complexity index is 563. The maximum absolute atomic E-state index is 12.3. The van der Waals surface area contributed by atoms with Crippen LogP contribution < -0.4 is 0 Å². The van der Waals surface area contributed by atoms with E-state index in [0.29, 0.717) is 15.7 Å². The predicted molar refractivity (Wildman–Crippen MR) is 69.4 cm³/mol. The molecule has 0 saturated carbocycles. The van der Waals surface area contributed by atoms with E-state index in [4.69, 9.17) is 0 Å². The molecule has 17 heavy (non-hydrogen) atoms. The Kier molecular flexibility index (Phi) is 3.20. The van der Waals surface area contributed by atoms with Crippen molar-refractivity contribution >= 4 is 9.84 Å². The molecule has 0 heterocycles. The first-order chi connectivity index (χ1) is 8.00. The van der Waals surface area contributed by atoms with E-state index in [1.54, 1.807) is 24.3 Å². The fraction of sp³-hybridized carbons (Fsp3) is 0.286. The minimum atomic E-state index is -3.33. The minimum Gasteiger partial charge on any atom is -0.219 e. The molecule has 1 aliphatic carbocycles. The van der Waals surface area contributed by atoms with Gasteiger partial charge in [0.1, 0.15) is 0 Å². The fourth-order valence-corrected chi connectivity index (χ4v) is 3.10. The highest BCUT2D eigenvalue weighted by molar-refractivity contribution is 7.95. The van der Waals surface area contributed by atoms with Crippen LogP contribution in [0.15, 0.2) is 52.3 Å². The molecule has 0 N–H and O–H groups in total. The first-order valence-electron chi connectivity index (χ1n) is 5.70. The molecule has 1 aromatic rings. The van der Waals surface area contributed by atoms with Gasteiger partial charge in [-0.15, -0.1) is 0 Å². The van der Waals surface area contributed by atoms with E-state index < -0.39 is 9.84 Å². The van der Waals surface area contributed by atoms with Crippen molar-refractivity contribution in [3.8, 4) is 0 Å². The summed E-state index contributed by atoms with van der Waals surface area (Å²) in [6.45, 7) is 4.01. The summed E-state index contributed by atoms with van der Waals surface area (Å²) in [7, 11) is -3.33. The molecular formula is C14H16O2S. The van der Waals surface area contributed by atoms with Gasteiger partial charge in [0, 0.05) is 0 Å². The van der Waals surface area contributed by atoms with Gasteiger partial charge in [0.05, 0.1) is 9.80 Å². The Morgan fingerprint density at radius 2 is 1.82 bits per heavy atom. The van der Waals surface area contributed by atoms with Gasteiger partial charge in [0.25, 0.3) is 0 Å². The lowest BCUT2D eigenvalue weighted by Crippen LogP contribution is -2.06. The van der Waals surface area contributed by atoms with Crippen LogP contribution in [0.1, 0.15) is 18.9 Å². The van der Waals surface area contributed by atoms with Gasteiger partial charge in [0.15, 0.2) is 0 Å². The van der Waals surface area contributed by atoms with Crippen molar-refractivity contribution < 1.29 is 8.42 Å². The SMILES string of the molecule is Cc1ccc(S(=O)(=O)C2=CCC(C)C=C2)cc1. The molecule has 1 atom stereocenters. The summed E-state index contributed by atoms with van der Waals surface area (Å²) in [5, 5.41) is 0. The van der Waals surface area contributed by atoms with Crippen molar-refractivity contribution in [2.24, 2.45) is 5.92 Å². The number of sulfone groups is 1. The summed E-state index contributed by atoms with van der Waals surface area (Å²) in [5.74, 6) is 0.423. The number of hydrogen-bond donors (Lipinski definition) is 0. The van der Waals surface area contributed by atoms with Gasteiger partial charge >= 0.3 is 0 Å². The van der Waals surface area contributed by atoms with Crippen LogP contribution >= 0.6 is 0 Å². The van der Waals surface area contributed by atoms with E-state index in [0.717, 1.165) is 12.0 Å². The van der Waals surface area contributed by atoms with Crippen molar-refractivity contribution in [3.05, 3.63) is 53.0 Å². The standard InChI is InChI=1S/C14H16O2S/c1-11-3-7-13(8-4-11)17(15,16)14-9-5-12(2)6-10-14/h3-5,7-10,12H,6H2,1-2H3. The number of aryl methyl sites for hydroxylation is 1. The molecule has 0 aliphatic heterocycles. The lowest BCUT2D eigenvalue weighted by atomic mass is 10.0. The van der Waals surface area contributed by atoms with Crippen LogP contribution in [0.25, 0.3) is 0 Å². The summed E-state index contributed by atoms with van der Waals surface area (Å²) in [4.78, 5) is 0.785. The highest BCUT2D eigenvalue weighted by Crippen LogP contribution is 2.25. The van der Waals surface area contributed by atoms with Crippen LogP contribution in [0.2, 0.25) is 0 Å². The number of hydrogen-bond acceptors (Lipinski definition) is 2. The normalized spacial score (nSPS) is 20.1. The first kappa shape index (κ1) is 12.1. The second-order valence-corrected chi connectivity index (χ2v) is 6.44. The number of allylic oxidation sites excluding steroid dienone is 3. The van der Waals surface area contributed by atoms with E-state index in [2.05, 4.69) is 6.92 Å². The fourth-order valence-electron chi connectivity index (χ4n) is 1.76. The second-order valence-electron chi connectivity index (χ2n) is 4.50. The zero-order chi connectivity index (χ0) is 12.5. The Hall–Kier alpha value is -1.35. The van der Waals surface area contributed by atoms with Crippen molar-refractivity contribution in [1.82, 2.24) is 0 Å². The van der Waals surface area contributed by atoms with Crippen LogP contribution in [0.3, 0.4) is 0 Å². The molecule has 0 bridgehead atoms. The van der Waals surface area contributed by atoms with Gasteiger partial charge in [-0.05, 0) is 37.5 Å². The largest absolute Gasteiger partial charge is 0.219 e. The summed E-state index contributed by atoms with van der Waals surface area (Å²) < 4.78 is 24.6. The molecule has 0 saturated heterocycles. The van der Waals surface area contributed by atoms with Crippen molar-refractivity contribution in [3.63, 3.8) is 0 Å².